The molecule has 0 aliphatic heterocycles. The van der Waals surface area contributed by atoms with Gasteiger partial charge in [0.05, 0.1) is 12.7 Å². The fourth-order valence-electron chi connectivity index (χ4n) is 1.67. The van der Waals surface area contributed by atoms with Gasteiger partial charge in [-0.25, -0.2) is 4.79 Å². The summed E-state index contributed by atoms with van der Waals surface area (Å²) in [7, 11) is 2.87. The smallest absolute Gasteiger partial charge is 0.337 e. The van der Waals surface area contributed by atoms with E-state index in [1.807, 2.05) is 6.07 Å². The number of benzene rings is 1. The average molecular weight is 317 g/mol. The van der Waals surface area contributed by atoms with Gasteiger partial charge in [0.2, 0.25) is 0 Å². The summed E-state index contributed by atoms with van der Waals surface area (Å²) in [5.41, 5.74) is 0.868. The van der Waals surface area contributed by atoms with Crippen molar-refractivity contribution in [3.63, 3.8) is 0 Å². The molecule has 0 radical (unpaired) electrons. The van der Waals surface area contributed by atoms with Crippen LogP contribution in [-0.4, -0.2) is 39.2 Å². The number of amides is 1. The lowest BCUT2D eigenvalue weighted by molar-refractivity contribution is -0.117. The van der Waals surface area contributed by atoms with Gasteiger partial charge in [0.15, 0.2) is 0 Å². The number of ether oxygens (including phenoxy) is 2. The molecule has 1 aromatic rings. The number of carbonyl (C=O) groups excluding carboxylic acids is 2. The van der Waals surface area contributed by atoms with E-state index in [0.717, 1.165) is 0 Å². The Labute approximate surface area is 134 Å². The summed E-state index contributed by atoms with van der Waals surface area (Å²) in [5.74, 6) is -0.936. The number of esters is 1. The summed E-state index contributed by atoms with van der Waals surface area (Å²) >= 11 is 0. The standard InChI is InChI=1S/C16H19N3O4/c1-22-8-4-7-18-15(20)13(10-17)11-19-14-6-3-5-12(9-14)16(21)23-2/h3,5-6,9,11,19H,4,7-8H2,1-2H3,(H,18,20)/b13-11-. The molecule has 0 spiro atoms. The molecule has 0 saturated carbocycles. The fraction of sp³-hybridized carbons (Fsp3) is 0.312. The largest absolute Gasteiger partial charge is 0.465 e. The van der Waals surface area contributed by atoms with Crippen LogP contribution in [0.3, 0.4) is 0 Å². The molecule has 0 heterocycles. The molecular weight excluding hydrogens is 298 g/mol. The molecule has 23 heavy (non-hydrogen) atoms. The number of methoxy groups -OCH3 is 2. The second kappa shape index (κ2) is 9.97. The van der Waals surface area contributed by atoms with Gasteiger partial charge in [0.1, 0.15) is 11.6 Å². The van der Waals surface area contributed by atoms with E-state index in [4.69, 9.17) is 10.00 Å². The SMILES string of the molecule is COCCCNC(=O)/C(C#N)=C\Nc1cccc(C(=O)OC)c1. The molecule has 0 atom stereocenters. The quantitative estimate of drug-likeness (QED) is 0.326. The molecule has 2 N–H and O–H groups in total. The molecule has 0 unspecified atom stereocenters. The summed E-state index contributed by atoms with van der Waals surface area (Å²) in [6.07, 6.45) is 1.96. The zero-order valence-electron chi connectivity index (χ0n) is 13.1. The van der Waals surface area contributed by atoms with Crippen LogP contribution in [0.15, 0.2) is 36.0 Å². The van der Waals surface area contributed by atoms with E-state index < -0.39 is 11.9 Å². The number of nitrogens with zero attached hydrogens (tertiary/aromatic N) is 1. The van der Waals surface area contributed by atoms with Gasteiger partial charge >= 0.3 is 5.97 Å². The predicted molar refractivity (Wildman–Crippen MR) is 84.6 cm³/mol. The Bertz CT molecular complexity index is 620. The minimum atomic E-state index is -0.472. The normalized spacial score (nSPS) is 10.6. The van der Waals surface area contributed by atoms with Gasteiger partial charge < -0.3 is 20.1 Å². The van der Waals surface area contributed by atoms with Crippen molar-refractivity contribution in [3.8, 4) is 6.07 Å². The van der Waals surface area contributed by atoms with Crippen molar-refractivity contribution in [2.75, 3.05) is 32.7 Å². The molecule has 1 aromatic carbocycles. The maximum atomic E-state index is 11.8. The lowest BCUT2D eigenvalue weighted by Crippen LogP contribution is -2.26. The molecular formula is C16H19N3O4. The fourth-order valence-corrected chi connectivity index (χ4v) is 1.67. The van der Waals surface area contributed by atoms with Crippen molar-refractivity contribution < 1.29 is 19.1 Å². The van der Waals surface area contributed by atoms with Gasteiger partial charge in [0, 0.05) is 32.1 Å². The molecule has 1 rings (SSSR count). The van der Waals surface area contributed by atoms with Gasteiger partial charge in [-0.1, -0.05) is 6.07 Å². The van der Waals surface area contributed by atoms with Crippen LogP contribution in [0.4, 0.5) is 5.69 Å². The minimum absolute atomic E-state index is 0.0640. The first kappa shape index (κ1) is 18.2. The van der Waals surface area contributed by atoms with E-state index in [2.05, 4.69) is 15.4 Å². The molecule has 7 heteroatoms. The van der Waals surface area contributed by atoms with Gasteiger partial charge in [0.25, 0.3) is 5.91 Å². The number of rotatable bonds is 8. The number of nitriles is 1. The highest BCUT2D eigenvalue weighted by Crippen LogP contribution is 2.12. The maximum absolute atomic E-state index is 11.8. The molecule has 0 aliphatic carbocycles. The first-order valence-electron chi connectivity index (χ1n) is 6.94. The molecule has 0 aliphatic rings. The number of nitrogens with one attached hydrogen (secondary N) is 2. The van der Waals surface area contributed by atoms with Gasteiger partial charge in [-0.15, -0.1) is 0 Å². The zero-order valence-corrected chi connectivity index (χ0v) is 13.1. The Morgan fingerprint density at radius 2 is 2.13 bits per heavy atom. The second-order valence-electron chi connectivity index (χ2n) is 4.49. The third kappa shape index (κ3) is 6.20. The number of hydrogen-bond acceptors (Lipinski definition) is 6. The van der Waals surface area contributed by atoms with E-state index in [9.17, 15) is 9.59 Å². The predicted octanol–water partition coefficient (Wildman–Crippen LogP) is 1.45. The highest BCUT2D eigenvalue weighted by molar-refractivity contribution is 5.97. The molecule has 0 saturated heterocycles. The van der Waals surface area contributed by atoms with Crippen LogP contribution in [0.1, 0.15) is 16.8 Å². The van der Waals surface area contributed by atoms with Crippen LogP contribution in [0.25, 0.3) is 0 Å². The Morgan fingerprint density at radius 3 is 2.78 bits per heavy atom. The van der Waals surface area contributed by atoms with Gasteiger partial charge in [-0.05, 0) is 24.6 Å². The zero-order chi connectivity index (χ0) is 17.1. The van der Waals surface area contributed by atoms with E-state index in [-0.39, 0.29) is 5.57 Å². The van der Waals surface area contributed by atoms with Gasteiger partial charge in [-0.2, -0.15) is 5.26 Å². The Hall–Kier alpha value is -2.85. The van der Waals surface area contributed by atoms with Crippen LogP contribution in [0.2, 0.25) is 0 Å². The lowest BCUT2D eigenvalue weighted by atomic mass is 10.2. The second-order valence-corrected chi connectivity index (χ2v) is 4.49. The maximum Gasteiger partial charge on any atom is 0.337 e. The van der Waals surface area contributed by atoms with Crippen molar-refractivity contribution in [3.05, 3.63) is 41.6 Å². The third-order valence-electron chi connectivity index (χ3n) is 2.84. The van der Waals surface area contributed by atoms with Crippen molar-refractivity contribution in [1.29, 1.82) is 5.26 Å². The summed E-state index contributed by atoms with van der Waals surface area (Å²) in [6.45, 7) is 0.952. The highest BCUT2D eigenvalue weighted by atomic mass is 16.5. The van der Waals surface area contributed by atoms with E-state index in [1.165, 1.54) is 13.3 Å². The molecule has 0 bridgehead atoms. The molecule has 122 valence electrons. The van der Waals surface area contributed by atoms with Crippen molar-refractivity contribution in [2.45, 2.75) is 6.42 Å². The Kier molecular flexibility index (Phi) is 7.89. The van der Waals surface area contributed by atoms with Crippen LogP contribution >= 0.6 is 0 Å². The summed E-state index contributed by atoms with van der Waals surface area (Å²) in [4.78, 5) is 23.3. The topological polar surface area (TPSA) is 100 Å². The number of carbonyl (C=O) groups is 2. The molecule has 1 amide bonds. The lowest BCUT2D eigenvalue weighted by Gasteiger charge is -2.06. The summed E-state index contributed by atoms with van der Waals surface area (Å²) < 4.78 is 9.51. The summed E-state index contributed by atoms with van der Waals surface area (Å²) in [5, 5.41) is 14.5. The molecule has 7 nitrogen and oxygen atoms in total. The van der Waals surface area contributed by atoms with Crippen molar-refractivity contribution in [2.24, 2.45) is 0 Å². The summed E-state index contributed by atoms with van der Waals surface area (Å²) in [6, 6.07) is 8.36. The van der Waals surface area contributed by atoms with Crippen LogP contribution in [0, 0.1) is 11.3 Å². The minimum Gasteiger partial charge on any atom is -0.465 e. The van der Waals surface area contributed by atoms with Gasteiger partial charge in [-0.3, -0.25) is 4.79 Å². The van der Waals surface area contributed by atoms with Crippen molar-refractivity contribution >= 4 is 17.6 Å². The third-order valence-corrected chi connectivity index (χ3v) is 2.84. The van der Waals surface area contributed by atoms with E-state index >= 15 is 0 Å². The monoisotopic (exact) mass is 317 g/mol. The first-order valence-corrected chi connectivity index (χ1v) is 6.94. The van der Waals surface area contributed by atoms with Crippen LogP contribution < -0.4 is 10.6 Å². The molecule has 0 aromatic heterocycles. The average Bonchev–Trinajstić information content (AvgIpc) is 2.58. The highest BCUT2D eigenvalue weighted by Gasteiger charge is 2.09. The number of anilines is 1. The Morgan fingerprint density at radius 1 is 1.35 bits per heavy atom. The van der Waals surface area contributed by atoms with Crippen molar-refractivity contribution in [1.82, 2.24) is 5.32 Å². The number of hydrogen-bond donors (Lipinski definition) is 2. The van der Waals surface area contributed by atoms with E-state index in [0.29, 0.717) is 30.8 Å². The van der Waals surface area contributed by atoms with E-state index in [1.54, 1.807) is 31.4 Å². The molecule has 0 fully saturated rings. The van der Waals surface area contributed by atoms with Crippen LogP contribution in [-0.2, 0) is 14.3 Å². The first-order chi connectivity index (χ1) is 11.1. The Balaban J connectivity index is 2.68. The van der Waals surface area contributed by atoms with Crippen LogP contribution in [0.5, 0.6) is 0 Å².